The van der Waals surface area contributed by atoms with Crippen molar-refractivity contribution in [2.75, 3.05) is 0 Å². The van der Waals surface area contributed by atoms with Gasteiger partial charge in [-0.2, -0.15) is 0 Å². The van der Waals surface area contributed by atoms with Crippen molar-refractivity contribution >= 4 is 11.9 Å². The van der Waals surface area contributed by atoms with Crippen LogP contribution in [-0.2, 0) is 9.59 Å². The van der Waals surface area contributed by atoms with Gasteiger partial charge in [0.15, 0.2) is 0 Å². The van der Waals surface area contributed by atoms with Gasteiger partial charge >= 0.3 is 11.9 Å². The summed E-state index contributed by atoms with van der Waals surface area (Å²) in [5.41, 5.74) is 0. The average Bonchev–Trinajstić information content (AvgIpc) is 3.37. The maximum absolute atomic E-state index is 10.5. The van der Waals surface area contributed by atoms with E-state index in [1.807, 2.05) is 0 Å². The average molecular weight is 1010 g/mol. The van der Waals surface area contributed by atoms with E-state index in [0.29, 0.717) is 0 Å². The Balaban J connectivity index is 3.11. The summed E-state index contributed by atoms with van der Waals surface area (Å²) in [5.74, 6) is -1.67. The first-order valence-corrected chi connectivity index (χ1v) is 33.1. The molecule has 0 fully saturated rings. The molecule has 0 aromatic heterocycles. The third kappa shape index (κ3) is 68.2. The van der Waals surface area contributed by atoms with Crippen LogP contribution in [0.15, 0.2) is 36.5 Å². The van der Waals surface area contributed by atoms with Crippen molar-refractivity contribution in [2.45, 2.75) is 385 Å². The minimum atomic E-state index is -0.837. The molecule has 2 N–H and O–H groups in total. The largest absolute Gasteiger partial charge is 0.478 e. The molecule has 424 valence electrons. The normalized spacial score (nSPS) is 11.9. The van der Waals surface area contributed by atoms with E-state index in [9.17, 15) is 9.59 Å². The Kier molecular flexibility index (Phi) is 63.6. The number of unbranched alkanes of at least 4 members (excludes halogenated alkanes) is 58. The number of allylic oxidation sites excluding steroid dienone is 4. The van der Waals surface area contributed by atoms with E-state index in [-0.39, 0.29) is 0 Å². The van der Waals surface area contributed by atoms with Crippen LogP contribution in [0.4, 0.5) is 0 Å². The first kappa shape index (κ1) is 70.2. The van der Waals surface area contributed by atoms with Crippen molar-refractivity contribution in [3.8, 4) is 0 Å². The van der Waals surface area contributed by atoms with Crippen LogP contribution < -0.4 is 0 Å². The van der Waals surface area contributed by atoms with Crippen LogP contribution in [0.1, 0.15) is 385 Å². The topological polar surface area (TPSA) is 74.6 Å². The standard InChI is InChI=1S/C68H128O4/c69-67(70)65-63-61-59-57-55-53-51-49-47-45-43-41-39-37-35-33-31-29-27-25-23-21-19-17-15-13-11-9-7-5-3-1-2-4-6-8-10-12-14-16-18-20-22-24-26-28-30-32-34-36-38-40-42-44-46-48-50-52-54-56-58-60-62-64-66-68(71)72/h47,49,63-66H,1-46,48,50-62H2,(H,69,70)(H,71,72). The maximum atomic E-state index is 10.5. The number of aliphatic carboxylic acids is 2. The Morgan fingerprint density at radius 1 is 0.167 bits per heavy atom. The Labute approximate surface area is 451 Å². The van der Waals surface area contributed by atoms with Gasteiger partial charge in [0.25, 0.3) is 0 Å². The molecule has 0 radical (unpaired) electrons. The summed E-state index contributed by atoms with van der Waals surface area (Å²) in [4.78, 5) is 20.9. The molecule has 0 aliphatic carbocycles. The molecule has 0 spiro atoms. The second kappa shape index (κ2) is 65.3. The SMILES string of the molecule is O=C(O)C=CCCCCCCC=CCCCCCCCCCCCCCCCCCCCCCCCCCCCCCCCCCCCCCCCCCCCCCCCCCCCCCCC=CC(=O)O. The minimum Gasteiger partial charge on any atom is -0.478 e. The lowest BCUT2D eigenvalue weighted by Gasteiger charge is -2.05. The van der Waals surface area contributed by atoms with Crippen molar-refractivity contribution in [3.63, 3.8) is 0 Å². The van der Waals surface area contributed by atoms with Gasteiger partial charge in [-0.3, -0.25) is 0 Å². The molecule has 0 heterocycles. The number of rotatable bonds is 64. The summed E-state index contributed by atoms with van der Waals surface area (Å²) < 4.78 is 0. The molecule has 0 aromatic carbocycles. The highest BCUT2D eigenvalue weighted by Crippen LogP contribution is 2.20. The van der Waals surface area contributed by atoms with E-state index in [0.717, 1.165) is 25.7 Å². The quantitative estimate of drug-likeness (QED) is 0.0362. The zero-order chi connectivity index (χ0) is 51.8. The first-order chi connectivity index (χ1) is 35.6. The van der Waals surface area contributed by atoms with E-state index in [1.165, 1.54) is 372 Å². The Bertz CT molecular complexity index is 1120. The number of hydrogen-bond acceptors (Lipinski definition) is 2. The highest BCUT2D eigenvalue weighted by atomic mass is 16.4. The Morgan fingerprint density at radius 3 is 0.375 bits per heavy atom. The number of carboxylic acid groups (broad SMARTS) is 2. The van der Waals surface area contributed by atoms with Gasteiger partial charge in [0.1, 0.15) is 0 Å². The van der Waals surface area contributed by atoms with E-state index in [2.05, 4.69) is 12.2 Å². The number of carboxylic acids is 2. The summed E-state index contributed by atoms with van der Waals surface area (Å²) >= 11 is 0. The lowest BCUT2D eigenvalue weighted by atomic mass is 10.0. The monoisotopic (exact) mass is 1010 g/mol. The molecule has 0 aliphatic rings. The van der Waals surface area contributed by atoms with E-state index >= 15 is 0 Å². The zero-order valence-corrected chi connectivity index (χ0v) is 48.6. The zero-order valence-electron chi connectivity index (χ0n) is 48.6. The van der Waals surface area contributed by atoms with Crippen molar-refractivity contribution in [3.05, 3.63) is 36.5 Å². The third-order valence-electron chi connectivity index (χ3n) is 15.7. The van der Waals surface area contributed by atoms with Crippen molar-refractivity contribution in [2.24, 2.45) is 0 Å². The Hall–Kier alpha value is -1.84. The van der Waals surface area contributed by atoms with Crippen LogP contribution in [-0.4, -0.2) is 22.2 Å². The highest BCUT2D eigenvalue weighted by Gasteiger charge is 2.00. The van der Waals surface area contributed by atoms with Crippen molar-refractivity contribution < 1.29 is 19.8 Å². The van der Waals surface area contributed by atoms with E-state index in [1.54, 1.807) is 12.2 Å². The van der Waals surface area contributed by atoms with E-state index < -0.39 is 11.9 Å². The lowest BCUT2D eigenvalue weighted by molar-refractivity contribution is -0.132. The minimum absolute atomic E-state index is 0.828. The second-order valence-electron chi connectivity index (χ2n) is 22.9. The molecular weight excluding hydrogens is 881 g/mol. The lowest BCUT2D eigenvalue weighted by Crippen LogP contribution is -1.86. The van der Waals surface area contributed by atoms with Gasteiger partial charge in [0.05, 0.1) is 0 Å². The molecule has 0 aromatic rings. The first-order valence-electron chi connectivity index (χ1n) is 33.1. The molecule has 0 saturated carbocycles. The molecule has 0 aliphatic heterocycles. The fourth-order valence-corrected chi connectivity index (χ4v) is 10.8. The molecule has 0 unspecified atom stereocenters. The molecule has 0 rings (SSSR count). The summed E-state index contributed by atoms with van der Waals surface area (Å²) in [5, 5.41) is 17.2. The fourth-order valence-electron chi connectivity index (χ4n) is 10.8. The Morgan fingerprint density at radius 2 is 0.264 bits per heavy atom. The number of hydrogen-bond donors (Lipinski definition) is 2. The van der Waals surface area contributed by atoms with Gasteiger partial charge in [-0.1, -0.05) is 358 Å². The number of carbonyl (C=O) groups is 2. The maximum Gasteiger partial charge on any atom is 0.327 e. The molecule has 4 heteroatoms. The van der Waals surface area contributed by atoms with Crippen molar-refractivity contribution in [1.82, 2.24) is 0 Å². The van der Waals surface area contributed by atoms with Gasteiger partial charge < -0.3 is 10.2 Å². The molecular formula is C68H128O4. The van der Waals surface area contributed by atoms with Crippen LogP contribution in [0, 0.1) is 0 Å². The van der Waals surface area contributed by atoms with Crippen LogP contribution >= 0.6 is 0 Å². The predicted molar refractivity (Wildman–Crippen MR) is 320 cm³/mol. The molecule has 72 heavy (non-hydrogen) atoms. The van der Waals surface area contributed by atoms with Crippen LogP contribution in [0.25, 0.3) is 0 Å². The molecule has 0 atom stereocenters. The van der Waals surface area contributed by atoms with Gasteiger partial charge in [0.2, 0.25) is 0 Å². The molecule has 0 amide bonds. The molecule has 0 bridgehead atoms. The predicted octanol–water partition coefficient (Wildman–Crippen LogP) is 24.2. The summed E-state index contributed by atoms with van der Waals surface area (Å²) in [6.45, 7) is 0. The van der Waals surface area contributed by atoms with E-state index in [4.69, 9.17) is 10.2 Å². The third-order valence-corrected chi connectivity index (χ3v) is 15.7. The van der Waals surface area contributed by atoms with Gasteiger partial charge in [-0.05, 0) is 51.4 Å². The van der Waals surface area contributed by atoms with Gasteiger partial charge in [-0.25, -0.2) is 9.59 Å². The van der Waals surface area contributed by atoms with Crippen LogP contribution in [0.5, 0.6) is 0 Å². The molecule has 0 saturated heterocycles. The summed E-state index contributed by atoms with van der Waals surface area (Å²) in [6.07, 6.45) is 94.9. The van der Waals surface area contributed by atoms with Gasteiger partial charge in [0, 0.05) is 12.2 Å². The second-order valence-corrected chi connectivity index (χ2v) is 22.9. The molecule has 4 nitrogen and oxygen atoms in total. The van der Waals surface area contributed by atoms with Gasteiger partial charge in [-0.15, -0.1) is 0 Å². The highest BCUT2D eigenvalue weighted by molar-refractivity contribution is 5.79. The smallest absolute Gasteiger partial charge is 0.327 e. The fraction of sp³-hybridized carbons (Fsp3) is 0.882. The van der Waals surface area contributed by atoms with Crippen LogP contribution in [0.3, 0.4) is 0 Å². The summed E-state index contributed by atoms with van der Waals surface area (Å²) in [7, 11) is 0. The van der Waals surface area contributed by atoms with Crippen LogP contribution in [0.2, 0.25) is 0 Å². The van der Waals surface area contributed by atoms with Crippen molar-refractivity contribution in [1.29, 1.82) is 0 Å². The summed E-state index contributed by atoms with van der Waals surface area (Å²) in [6, 6.07) is 0.